The van der Waals surface area contributed by atoms with Crippen LogP contribution in [0.15, 0.2) is 59.7 Å². The number of rotatable bonds is 5. The van der Waals surface area contributed by atoms with Crippen molar-refractivity contribution in [2.45, 2.75) is 12.0 Å². The van der Waals surface area contributed by atoms with Crippen LogP contribution in [0.1, 0.15) is 17.5 Å². The average Bonchev–Trinajstić information content (AvgIpc) is 3.31. The first-order valence-corrected chi connectivity index (χ1v) is 9.36. The predicted molar refractivity (Wildman–Crippen MR) is 111 cm³/mol. The highest BCUT2D eigenvalue weighted by molar-refractivity contribution is 6.16. The second kappa shape index (κ2) is 7.60. The number of nitrogens with zero attached hydrogens (tertiary/aromatic N) is 2. The Balaban J connectivity index is 1.88. The van der Waals surface area contributed by atoms with Gasteiger partial charge in [0.05, 0.1) is 19.9 Å². The van der Waals surface area contributed by atoms with Crippen LogP contribution in [0.25, 0.3) is 0 Å². The molecule has 2 aromatic rings. The minimum Gasteiger partial charge on any atom is -0.497 e. The van der Waals surface area contributed by atoms with Gasteiger partial charge < -0.3 is 19.9 Å². The van der Waals surface area contributed by atoms with Gasteiger partial charge in [-0.2, -0.15) is 5.10 Å². The second-order valence-corrected chi connectivity index (χ2v) is 6.97. The van der Waals surface area contributed by atoms with E-state index in [-0.39, 0.29) is 6.42 Å². The summed E-state index contributed by atoms with van der Waals surface area (Å²) in [5.41, 5.74) is 0.704. The molecule has 9 heteroatoms. The fourth-order valence-electron chi connectivity index (χ4n) is 3.88. The largest absolute Gasteiger partial charge is 0.497 e. The molecule has 0 radical (unpaired) electrons. The summed E-state index contributed by atoms with van der Waals surface area (Å²) in [4.78, 5) is 37.1. The first-order chi connectivity index (χ1) is 14.9. The van der Waals surface area contributed by atoms with Crippen molar-refractivity contribution in [3.8, 4) is 11.5 Å². The number of hydrazone groups is 1. The molecule has 2 aliphatic rings. The molecule has 2 aromatic carbocycles. The first-order valence-electron chi connectivity index (χ1n) is 9.36. The molecule has 158 valence electrons. The summed E-state index contributed by atoms with van der Waals surface area (Å²) in [6.07, 6.45) is 1.67. The summed E-state index contributed by atoms with van der Waals surface area (Å²) in [6.45, 7) is 0. The molecule has 0 saturated heterocycles. The van der Waals surface area contributed by atoms with Gasteiger partial charge in [0.1, 0.15) is 11.5 Å². The van der Waals surface area contributed by atoms with Gasteiger partial charge in [-0.25, -0.2) is 9.80 Å². The Labute approximate surface area is 177 Å². The molecule has 31 heavy (non-hydrogen) atoms. The zero-order valence-corrected chi connectivity index (χ0v) is 16.8. The molecule has 4 rings (SSSR count). The van der Waals surface area contributed by atoms with Gasteiger partial charge >= 0.3 is 5.97 Å². The number of amides is 2. The normalized spacial score (nSPS) is 19.4. The van der Waals surface area contributed by atoms with Gasteiger partial charge in [0.2, 0.25) is 0 Å². The molecule has 2 aliphatic heterocycles. The summed E-state index contributed by atoms with van der Waals surface area (Å²) >= 11 is 0. The van der Waals surface area contributed by atoms with Crippen molar-refractivity contribution in [2.24, 2.45) is 5.10 Å². The Hall–Kier alpha value is -4.14. The van der Waals surface area contributed by atoms with Crippen LogP contribution in [0.3, 0.4) is 0 Å². The second-order valence-electron chi connectivity index (χ2n) is 6.97. The van der Waals surface area contributed by atoms with Gasteiger partial charge in [-0.05, 0) is 24.3 Å². The number of para-hydroxylation sites is 1. The molecule has 9 nitrogen and oxygen atoms in total. The molecule has 1 atom stereocenters. The van der Waals surface area contributed by atoms with Gasteiger partial charge in [0, 0.05) is 35.4 Å². The zero-order valence-electron chi connectivity index (χ0n) is 16.8. The Morgan fingerprint density at radius 1 is 1.16 bits per heavy atom. The number of hydrogen-bond acceptors (Lipinski definition) is 6. The predicted octanol–water partition coefficient (Wildman–Crippen LogP) is 2.13. The van der Waals surface area contributed by atoms with Gasteiger partial charge in [-0.3, -0.25) is 9.59 Å². The number of fused-ring (bicyclic) bond motifs is 2. The molecule has 2 amide bonds. The van der Waals surface area contributed by atoms with E-state index in [1.807, 2.05) is 0 Å². The molecule has 0 bridgehead atoms. The van der Waals surface area contributed by atoms with Crippen molar-refractivity contribution in [2.75, 3.05) is 19.5 Å². The SMILES string of the molecule is COc1ccc(OC)c(C2=NN(C(=O)/C=C/C(=O)O)[C@]3(C2)C(=O)Nc2ccccc23)c1. The highest BCUT2D eigenvalue weighted by Crippen LogP contribution is 2.48. The van der Waals surface area contributed by atoms with Crippen molar-refractivity contribution < 1.29 is 29.0 Å². The zero-order chi connectivity index (χ0) is 22.2. The van der Waals surface area contributed by atoms with Crippen LogP contribution in [0.5, 0.6) is 11.5 Å². The van der Waals surface area contributed by atoms with Gasteiger partial charge in [0.15, 0.2) is 5.54 Å². The molecule has 1 spiro atoms. The number of aliphatic carboxylic acids is 1. The molecular formula is C22H19N3O6. The van der Waals surface area contributed by atoms with Crippen LogP contribution in [-0.4, -0.2) is 47.8 Å². The topological polar surface area (TPSA) is 118 Å². The number of anilines is 1. The maximum absolute atomic E-state index is 13.2. The van der Waals surface area contributed by atoms with Crippen molar-refractivity contribution >= 4 is 29.2 Å². The molecule has 2 heterocycles. The smallest absolute Gasteiger partial charge is 0.328 e. The number of benzene rings is 2. The lowest BCUT2D eigenvalue weighted by atomic mass is 9.84. The van der Waals surface area contributed by atoms with E-state index >= 15 is 0 Å². The third-order valence-corrected chi connectivity index (χ3v) is 5.30. The van der Waals surface area contributed by atoms with Gasteiger partial charge in [0.25, 0.3) is 11.8 Å². The number of ether oxygens (including phenoxy) is 2. The van der Waals surface area contributed by atoms with Crippen molar-refractivity contribution in [3.05, 3.63) is 65.7 Å². The van der Waals surface area contributed by atoms with E-state index in [1.54, 1.807) is 42.5 Å². The van der Waals surface area contributed by atoms with Crippen LogP contribution >= 0.6 is 0 Å². The summed E-state index contributed by atoms with van der Waals surface area (Å²) in [5, 5.41) is 17.2. The van der Waals surface area contributed by atoms with Crippen molar-refractivity contribution in [1.82, 2.24) is 5.01 Å². The highest BCUT2D eigenvalue weighted by atomic mass is 16.5. The number of nitrogens with one attached hydrogen (secondary N) is 1. The van der Waals surface area contributed by atoms with Crippen molar-refractivity contribution in [1.29, 1.82) is 0 Å². The van der Waals surface area contributed by atoms with E-state index < -0.39 is 23.3 Å². The summed E-state index contributed by atoms with van der Waals surface area (Å²) in [7, 11) is 3.03. The lowest BCUT2D eigenvalue weighted by molar-refractivity contribution is -0.140. The van der Waals surface area contributed by atoms with E-state index in [0.29, 0.717) is 40.1 Å². The van der Waals surface area contributed by atoms with Gasteiger partial charge in [-0.1, -0.05) is 18.2 Å². The number of carboxylic acid groups (broad SMARTS) is 1. The maximum Gasteiger partial charge on any atom is 0.328 e. The van der Waals surface area contributed by atoms with E-state index in [2.05, 4.69) is 10.4 Å². The Kier molecular flexibility index (Phi) is 4.94. The van der Waals surface area contributed by atoms with Crippen LogP contribution < -0.4 is 14.8 Å². The third kappa shape index (κ3) is 3.20. The molecule has 0 aromatic heterocycles. The fourth-order valence-corrected chi connectivity index (χ4v) is 3.88. The average molecular weight is 421 g/mol. The van der Waals surface area contributed by atoms with Crippen molar-refractivity contribution in [3.63, 3.8) is 0 Å². The monoisotopic (exact) mass is 421 g/mol. The molecule has 2 N–H and O–H groups in total. The summed E-state index contributed by atoms with van der Waals surface area (Å²) in [5.74, 6) is -1.38. The van der Waals surface area contributed by atoms with Crippen LogP contribution in [0.4, 0.5) is 5.69 Å². The molecule has 0 saturated carbocycles. The number of hydrogen-bond donors (Lipinski definition) is 2. The lowest BCUT2D eigenvalue weighted by Gasteiger charge is -2.29. The number of carboxylic acids is 1. The fraction of sp³-hybridized carbons (Fsp3) is 0.182. The molecule has 0 unspecified atom stereocenters. The van der Waals surface area contributed by atoms with E-state index in [1.165, 1.54) is 14.2 Å². The quantitative estimate of drug-likeness (QED) is 0.715. The van der Waals surface area contributed by atoms with Crippen LogP contribution in [0.2, 0.25) is 0 Å². The van der Waals surface area contributed by atoms with E-state index in [0.717, 1.165) is 11.1 Å². The minimum absolute atomic E-state index is 0.0754. The Morgan fingerprint density at radius 3 is 2.65 bits per heavy atom. The number of methoxy groups -OCH3 is 2. The van der Waals surface area contributed by atoms with Crippen LogP contribution in [-0.2, 0) is 19.9 Å². The minimum atomic E-state index is -1.44. The number of carbonyl (C=O) groups excluding carboxylic acids is 2. The van der Waals surface area contributed by atoms with Crippen LogP contribution in [0, 0.1) is 0 Å². The summed E-state index contributed by atoms with van der Waals surface area (Å²) < 4.78 is 10.7. The summed E-state index contributed by atoms with van der Waals surface area (Å²) in [6, 6.07) is 12.2. The molecule has 0 fully saturated rings. The molecular weight excluding hydrogens is 402 g/mol. The van der Waals surface area contributed by atoms with E-state index in [4.69, 9.17) is 14.6 Å². The first kappa shape index (κ1) is 20.1. The Bertz CT molecular complexity index is 1160. The standard InChI is InChI=1S/C22H19N3O6/c1-30-13-7-8-18(31-2)14(11-13)17-12-22(25(24-17)19(26)9-10-20(27)28)15-5-3-4-6-16(15)23-21(22)29/h3-11H,12H2,1-2H3,(H,23,29)(H,27,28)/b10-9+/t22-/m0/s1. The number of carbonyl (C=O) groups is 3. The maximum atomic E-state index is 13.2. The molecule has 0 aliphatic carbocycles. The van der Waals surface area contributed by atoms with E-state index in [9.17, 15) is 14.4 Å². The Morgan fingerprint density at radius 2 is 1.94 bits per heavy atom. The van der Waals surface area contributed by atoms with Gasteiger partial charge in [-0.15, -0.1) is 0 Å². The lowest BCUT2D eigenvalue weighted by Crippen LogP contribution is -2.48. The third-order valence-electron chi connectivity index (χ3n) is 5.30. The highest BCUT2D eigenvalue weighted by Gasteiger charge is 2.57.